The smallest absolute Gasteiger partial charge is 0.123 e. The standard InChI is InChI=1S/C15H19ClN2O/c1-2-18-10-12-9-13(16)3-4-14(12)19-11-15(5-6-15)7-8-17/h3-4,9,18H,2,5-7,10-11H2,1H3. The lowest BCUT2D eigenvalue weighted by Gasteiger charge is -2.16. The monoisotopic (exact) mass is 278 g/mol. The zero-order valence-electron chi connectivity index (χ0n) is 11.2. The fourth-order valence-corrected chi connectivity index (χ4v) is 2.23. The molecular formula is C15H19ClN2O. The molecule has 4 heteroatoms. The lowest BCUT2D eigenvalue weighted by atomic mass is 10.1. The summed E-state index contributed by atoms with van der Waals surface area (Å²) in [7, 11) is 0. The molecule has 3 nitrogen and oxygen atoms in total. The van der Waals surface area contributed by atoms with E-state index in [1.165, 1.54) is 0 Å². The highest BCUT2D eigenvalue weighted by Crippen LogP contribution is 2.48. The second-order valence-electron chi connectivity index (χ2n) is 5.16. The van der Waals surface area contributed by atoms with E-state index in [9.17, 15) is 0 Å². The summed E-state index contributed by atoms with van der Waals surface area (Å²) in [5.41, 5.74) is 1.17. The lowest BCUT2D eigenvalue weighted by Crippen LogP contribution is -2.16. The summed E-state index contributed by atoms with van der Waals surface area (Å²) in [6.07, 6.45) is 2.77. The van der Waals surface area contributed by atoms with Crippen molar-refractivity contribution in [3.63, 3.8) is 0 Å². The molecule has 0 atom stereocenters. The number of hydrogen-bond acceptors (Lipinski definition) is 3. The second-order valence-corrected chi connectivity index (χ2v) is 5.59. The minimum atomic E-state index is 0.101. The molecule has 0 aromatic heterocycles. The Balaban J connectivity index is 2.01. The maximum absolute atomic E-state index is 8.81. The van der Waals surface area contributed by atoms with Gasteiger partial charge in [0.2, 0.25) is 0 Å². The van der Waals surface area contributed by atoms with Crippen LogP contribution < -0.4 is 10.1 Å². The average molecular weight is 279 g/mol. The number of halogens is 1. The van der Waals surface area contributed by atoms with Crippen molar-refractivity contribution in [1.82, 2.24) is 5.32 Å². The van der Waals surface area contributed by atoms with Gasteiger partial charge in [0.15, 0.2) is 0 Å². The molecule has 1 fully saturated rings. The Labute approximate surface area is 119 Å². The van der Waals surface area contributed by atoms with Crippen LogP contribution in [0.1, 0.15) is 31.7 Å². The Kier molecular flexibility index (Phi) is 4.68. The first-order valence-electron chi connectivity index (χ1n) is 6.68. The highest BCUT2D eigenvalue weighted by Gasteiger charge is 2.43. The first kappa shape index (κ1) is 14.2. The third kappa shape index (κ3) is 3.86. The van der Waals surface area contributed by atoms with Crippen LogP contribution in [0.3, 0.4) is 0 Å². The molecule has 0 aliphatic heterocycles. The van der Waals surface area contributed by atoms with E-state index in [-0.39, 0.29) is 5.41 Å². The number of benzene rings is 1. The van der Waals surface area contributed by atoms with Crippen LogP contribution in [0.5, 0.6) is 5.75 Å². The van der Waals surface area contributed by atoms with Gasteiger partial charge in [0.05, 0.1) is 12.7 Å². The quantitative estimate of drug-likeness (QED) is 0.830. The number of rotatable bonds is 7. The van der Waals surface area contributed by atoms with Gasteiger partial charge in [-0.25, -0.2) is 0 Å². The summed E-state index contributed by atoms with van der Waals surface area (Å²) < 4.78 is 5.92. The summed E-state index contributed by atoms with van der Waals surface area (Å²) in [6.45, 7) is 4.35. The first-order chi connectivity index (χ1) is 9.19. The van der Waals surface area contributed by atoms with Crippen molar-refractivity contribution in [2.24, 2.45) is 5.41 Å². The summed E-state index contributed by atoms with van der Waals surface area (Å²) >= 11 is 6.02. The van der Waals surface area contributed by atoms with Crippen molar-refractivity contribution in [3.05, 3.63) is 28.8 Å². The van der Waals surface area contributed by atoms with Gasteiger partial charge >= 0.3 is 0 Å². The van der Waals surface area contributed by atoms with Crippen LogP contribution >= 0.6 is 11.6 Å². The molecule has 1 aromatic rings. The third-order valence-electron chi connectivity index (χ3n) is 3.53. The van der Waals surface area contributed by atoms with E-state index in [2.05, 4.69) is 18.3 Å². The predicted octanol–water partition coefficient (Wildman–Crippen LogP) is 3.52. The van der Waals surface area contributed by atoms with E-state index in [1.54, 1.807) is 0 Å². The molecule has 0 unspecified atom stereocenters. The molecule has 1 aliphatic rings. The van der Waals surface area contributed by atoms with Gasteiger partial charge < -0.3 is 10.1 Å². The average Bonchev–Trinajstić information content (AvgIpc) is 3.16. The van der Waals surface area contributed by atoms with Crippen LogP contribution in [0.15, 0.2) is 18.2 Å². The largest absolute Gasteiger partial charge is 0.493 e. The molecule has 1 saturated carbocycles. The van der Waals surface area contributed by atoms with Gasteiger partial charge in [0.25, 0.3) is 0 Å². The molecule has 1 aliphatic carbocycles. The highest BCUT2D eigenvalue weighted by atomic mass is 35.5. The Morgan fingerprint density at radius 3 is 2.89 bits per heavy atom. The summed E-state index contributed by atoms with van der Waals surface area (Å²) in [4.78, 5) is 0. The molecular weight excluding hydrogens is 260 g/mol. The van der Waals surface area contributed by atoms with Gasteiger partial charge in [-0.15, -0.1) is 0 Å². The number of nitrogens with one attached hydrogen (secondary N) is 1. The Morgan fingerprint density at radius 2 is 2.26 bits per heavy atom. The maximum Gasteiger partial charge on any atom is 0.123 e. The molecule has 102 valence electrons. The number of hydrogen-bond donors (Lipinski definition) is 1. The predicted molar refractivity (Wildman–Crippen MR) is 76.2 cm³/mol. The van der Waals surface area contributed by atoms with E-state index in [1.807, 2.05) is 18.2 Å². The van der Waals surface area contributed by atoms with Crippen LogP contribution in [-0.4, -0.2) is 13.2 Å². The molecule has 0 radical (unpaired) electrons. The van der Waals surface area contributed by atoms with Crippen LogP contribution in [0.25, 0.3) is 0 Å². The van der Waals surface area contributed by atoms with Gasteiger partial charge in [-0.05, 0) is 37.6 Å². The van der Waals surface area contributed by atoms with Gasteiger partial charge in [0.1, 0.15) is 5.75 Å². The zero-order valence-corrected chi connectivity index (χ0v) is 12.0. The highest BCUT2D eigenvalue weighted by molar-refractivity contribution is 6.30. The van der Waals surface area contributed by atoms with Gasteiger partial charge in [-0.3, -0.25) is 0 Å². The topological polar surface area (TPSA) is 45.0 Å². The molecule has 1 aromatic carbocycles. The van der Waals surface area contributed by atoms with E-state index in [0.29, 0.717) is 13.0 Å². The number of nitrogens with zero attached hydrogens (tertiary/aromatic N) is 1. The van der Waals surface area contributed by atoms with Gasteiger partial charge in [-0.2, -0.15) is 5.26 Å². The van der Waals surface area contributed by atoms with E-state index in [4.69, 9.17) is 21.6 Å². The zero-order chi connectivity index (χ0) is 13.7. The lowest BCUT2D eigenvalue weighted by molar-refractivity contribution is 0.234. The minimum Gasteiger partial charge on any atom is -0.493 e. The fraction of sp³-hybridized carbons (Fsp3) is 0.533. The van der Waals surface area contributed by atoms with Gasteiger partial charge in [0, 0.05) is 29.0 Å². The number of nitriles is 1. The molecule has 0 spiro atoms. The Morgan fingerprint density at radius 1 is 1.47 bits per heavy atom. The Bertz CT molecular complexity index is 478. The fourth-order valence-electron chi connectivity index (χ4n) is 2.03. The molecule has 0 saturated heterocycles. The molecule has 0 heterocycles. The van der Waals surface area contributed by atoms with Crippen molar-refractivity contribution in [2.75, 3.05) is 13.2 Å². The summed E-state index contributed by atoms with van der Waals surface area (Å²) in [5.74, 6) is 0.870. The minimum absolute atomic E-state index is 0.101. The van der Waals surface area contributed by atoms with E-state index < -0.39 is 0 Å². The Hall–Kier alpha value is -1.24. The van der Waals surface area contributed by atoms with Crippen molar-refractivity contribution in [3.8, 4) is 11.8 Å². The molecule has 19 heavy (non-hydrogen) atoms. The van der Waals surface area contributed by atoms with Crippen molar-refractivity contribution >= 4 is 11.6 Å². The maximum atomic E-state index is 8.81. The van der Waals surface area contributed by atoms with E-state index >= 15 is 0 Å². The molecule has 0 bridgehead atoms. The van der Waals surface area contributed by atoms with Crippen LogP contribution in [0.2, 0.25) is 5.02 Å². The normalized spacial score (nSPS) is 15.8. The number of ether oxygens (including phenoxy) is 1. The van der Waals surface area contributed by atoms with Crippen molar-refractivity contribution in [2.45, 2.75) is 32.7 Å². The molecule has 1 N–H and O–H groups in total. The van der Waals surface area contributed by atoms with Crippen LogP contribution in [0, 0.1) is 16.7 Å². The van der Waals surface area contributed by atoms with Crippen molar-refractivity contribution in [1.29, 1.82) is 5.26 Å². The van der Waals surface area contributed by atoms with Gasteiger partial charge in [-0.1, -0.05) is 18.5 Å². The summed E-state index contributed by atoms with van der Waals surface area (Å²) in [5, 5.41) is 12.8. The first-order valence-corrected chi connectivity index (χ1v) is 7.06. The van der Waals surface area contributed by atoms with Crippen LogP contribution in [-0.2, 0) is 6.54 Å². The van der Waals surface area contributed by atoms with Crippen molar-refractivity contribution < 1.29 is 4.74 Å². The molecule has 0 amide bonds. The third-order valence-corrected chi connectivity index (χ3v) is 3.77. The SMILES string of the molecule is CCNCc1cc(Cl)ccc1OCC1(CC#N)CC1. The second kappa shape index (κ2) is 6.27. The summed E-state index contributed by atoms with van der Waals surface area (Å²) in [6, 6.07) is 7.94. The van der Waals surface area contributed by atoms with Crippen LogP contribution in [0.4, 0.5) is 0 Å². The molecule has 2 rings (SSSR count). The van der Waals surface area contributed by atoms with E-state index in [0.717, 1.165) is 42.3 Å².